The molecule has 0 radical (unpaired) electrons. The van der Waals surface area contributed by atoms with Crippen molar-refractivity contribution >= 4 is 23.2 Å². The minimum Gasteiger partial charge on any atom is -0.495 e. The van der Waals surface area contributed by atoms with Gasteiger partial charge in [-0.05, 0) is 42.8 Å². The minimum atomic E-state index is -4.89. The summed E-state index contributed by atoms with van der Waals surface area (Å²) in [6.07, 6.45) is -4.09. The lowest BCUT2D eigenvalue weighted by atomic mass is 10.1. The predicted octanol–water partition coefficient (Wildman–Crippen LogP) is 5.25. The van der Waals surface area contributed by atoms with Crippen LogP contribution in [-0.4, -0.2) is 22.8 Å². The second kappa shape index (κ2) is 7.75. The largest absolute Gasteiger partial charge is 0.495 e. The van der Waals surface area contributed by atoms with Gasteiger partial charge in [-0.15, -0.1) is 0 Å². The third-order valence-electron chi connectivity index (χ3n) is 4.08. The molecule has 0 atom stereocenters. The summed E-state index contributed by atoms with van der Waals surface area (Å²) in [7, 11) is 1.34. The molecule has 0 unspecified atom stereocenters. The number of nitrogens with one attached hydrogen (secondary N) is 1. The number of benzene rings is 2. The molecule has 1 heterocycles. The van der Waals surface area contributed by atoms with Crippen molar-refractivity contribution in [3.8, 4) is 11.4 Å². The molecule has 0 aliphatic rings. The molecule has 29 heavy (non-hydrogen) atoms. The fraction of sp³-hybridized carbons (Fsp3) is 0.158. The van der Waals surface area contributed by atoms with Crippen LogP contribution in [0.3, 0.4) is 0 Å². The van der Waals surface area contributed by atoms with Gasteiger partial charge in [0.15, 0.2) is 5.69 Å². The molecular formula is C19H14ClF4N3O2. The van der Waals surface area contributed by atoms with E-state index >= 15 is 0 Å². The Kier molecular flexibility index (Phi) is 5.52. The van der Waals surface area contributed by atoms with Gasteiger partial charge in [-0.2, -0.15) is 18.3 Å². The molecule has 0 aliphatic carbocycles. The van der Waals surface area contributed by atoms with Crippen LogP contribution in [0.2, 0.25) is 5.02 Å². The zero-order valence-electron chi connectivity index (χ0n) is 15.1. The standard InChI is InChI=1S/C19H14ClF4N3O2/c1-10-7-15(16(29-2)8-14(10)20)26-18(28)13-9-25-27(17(13)19(22,23)24)12-5-3-11(21)4-6-12/h3-9H,1-2H3,(H,26,28). The van der Waals surface area contributed by atoms with E-state index in [0.717, 1.165) is 30.5 Å². The SMILES string of the molecule is COc1cc(Cl)c(C)cc1NC(=O)c1cnn(-c2ccc(F)cc2)c1C(F)(F)F. The lowest BCUT2D eigenvalue weighted by molar-refractivity contribution is -0.143. The molecule has 3 rings (SSSR count). The Hall–Kier alpha value is -3.07. The second-order valence-corrected chi connectivity index (χ2v) is 6.46. The van der Waals surface area contributed by atoms with E-state index in [4.69, 9.17) is 16.3 Å². The van der Waals surface area contributed by atoms with E-state index in [1.54, 1.807) is 6.92 Å². The van der Waals surface area contributed by atoms with Crippen molar-refractivity contribution in [3.05, 3.63) is 70.3 Å². The normalized spacial score (nSPS) is 11.4. The predicted molar refractivity (Wildman–Crippen MR) is 99.2 cm³/mol. The molecule has 0 spiro atoms. The highest BCUT2D eigenvalue weighted by atomic mass is 35.5. The molecule has 0 saturated carbocycles. The molecule has 10 heteroatoms. The van der Waals surface area contributed by atoms with Crippen LogP contribution in [0.4, 0.5) is 23.2 Å². The molecule has 1 N–H and O–H groups in total. The summed E-state index contributed by atoms with van der Waals surface area (Å²) in [5, 5.41) is 6.45. The van der Waals surface area contributed by atoms with E-state index in [1.807, 2.05) is 0 Å². The van der Waals surface area contributed by atoms with Crippen molar-refractivity contribution < 1.29 is 27.1 Å². The molecule has 0 saturated heterocycles. The van der Waals surface area contributed by atoms with E-state index in [0.29, 0.717) is 15.3 Å². The molecule has 0 fully saturated rings. The summed E-state index contributed by atoms with van der Waals surface area (Å²) in [5.41, 5.74) is -1.27. The second-order valence-electron chi connectivity index (χ2n) is 6.05. The van der Waals surface area contributed by atoms with Gasteiger partial charge in [-0.3, -0.25) is 4.79 Å². The fourth-order valence-electron chi connectivity index (χ4n) is 2.68. The van der Waals surface area contributed by atoms with E-state index in [2.05, 4.69) is 10.4 Å². The number of rotatable bonds is 4. The third-order valence-corrected chi connectivity index (χ3v) is 4.49. The molecule has 5 nitrogen and oxygen atoms in total. The van der Waals surface area contributed by atoms with Gasteiger partial charge in [0.25, 0.3) is 5.91 Å². The Balaban J connectivity index is 2.04. The highest BCUT2D eigenvalue weighted by molar-refractivity contribution is 6.31. The van der Waals surface area contributed by atoms with E-state index in [1.165, 1.54) is 19.2 Å². The maximum atomic E-state index is 13.7. The van der Waals surface area contributed by atoms with Crippen molar-refractivity contribution in [2.75, 3.05) is 12.4 Å². The molecule has 2 aromatic carbocycles. The van der Waals surface area contributed by atoms with Gasteiger partial charge in [-0.1, -0.05) is 11.6 Å². The number of ether oxygens (including phenoxy) is 1. The first kappa shape index (κ1) is 20.7. The van der Waals surface area contributed by atoms with Crippen LogP contribution < -0.4 is 10.1 Å². The molecule has 0 bridgehead atoms. The molecule has 152 valence electrons. The number of amides is 1. The van der Waals surface area contributed by atoms with Crippen LogP contribution in [0.15, 0.2) is 42.6 Å². The number of hydrogen-bond acceptors (Lipinski definition) is 3. The number of alkyl halides is 3. The number of hydrogen-bond donors (Lipinski definition) is 1. The average Bonchev–Trinajstić information content (AvgIpc) is 3.11. The zero-order valence-corrected chi connectivity index (χ0v) is 15.9. The third kappa shape index (κ3) is 4.19. The summed E-state index contributed by atoms with van der Waals surface area (Å²) >= 11 is 6.00. The molecule has 1 amide bonds. The van der Waals surface area contributed by atoms with Gasteiger partial charge in [0.1, 0.15) is 11.6 Å². The Labute approximate surface area is 167 Å². The van der Waals surface area contributed by atoms with Crippen LogP contribution in [-0.2, 0) is 6.18 Å². The monoisotopic (exact) mass is 427 g/mol. The quantitative estimate of drug-likeness (QED) is 0.578. The molecule has 3 aromatic rings. The van der Waals surface area contributed by atoms with Crippen LogP contribution in [0, 0.1) is 12.7 Å². The summed E-state index contributed by atoms with van der Waals surface area (Å²) in [5.74, 6) is -1.46. The highest BCUT2D eigenvalue weighted by Crippen LogP contribution is 2.35. The van der Waals surface area contributed by atoms with Crippen molar-refractivity contribution in [1.29, 1.82) is 0 Å². The summed E-state index contributed by atoms with van der Waals surface area (Å²) in [6, 6.07) is 7.18. The van der Waals surface area contributed by atoms with Gasteiger partial charge in [0.2, 0.25) is 0 Å². The first-order valence-corrected chi connectivity index (χ1v) is 8.56. The van der Waals surface area contributed by atoms with Gasteiger partial charge in [0, 0.05) is 11.1 Å². The summed E-state index contributed by atoms with van der Waals surface area (Å²) in [4.78, 5) is 12.6. The Morgan fingerprint density at radius 1 is 1.21 bits per heavy atom. The van der Waals surface area contributed by atoms with E-state index < -0.39 is 29.2 Å². The van der Waals surface area contributed by atoms with Crippen molar-refractivity contribution in [2.45, 2.75) is 13.1 Å². The number of halogens is 5. The van der Waals surface area contributed by atoms with Gasteiger partial charge < -0.3 is 10.1 Å². The summed E-state index contributed by atoms with van der Waals surface area (Å²) < 4.78 is 59.9. The zero-order chi connectivity index (χ0) is 21.3. The lowest BCUT2D eigenvalue weighted by Crippen LogP contribution is -2.21. The molecule has 1 aromatic heterocycles. The number of carbonyl (C=O) groups excluding carboxylic acids is 1. The van der Waals surface area contributed by atoms with Crippen molar-refractivity contribution in [2.24, 2.45) is 0 Å². The number of aryl methyl sites for hydroxylation is 1. The average molecular weight is 428 g/mol. The van der Waals surface area contributed by atoms with Crippen LogP contribution in [0.1, 0.15) is 21.6 Å². The van der Waals surface area contributed by atoms with E-state index in [-0.39, 0.29) is 17.1 Å². The van der Waals surface area contributed by atoms with Crippen molar-refractivity contribution in [1.82, 2.24) is 9.78 Å². The smallest absolute Gasteiger partial charge is 0.434 e. The molecular weight excluding hydrogens is 414 g/mol. The number of carbonyl (C=O) groups is 1. The van der Waals surface area contributed by atoms with Gasteiger partial charge in [-0.25, -0.2) is 9.07 Å². The Morgan fingerprint density at radius 2 is 1.86 bits per heavy atom. The topological polar surface area (TPSA) is 56.1 Å². The van der Waals surface area contributed by atoms with Gasteiger partial charge in [0.05, 0.1) is 30.2 Å². The number of aromatic nitrogens is 2. The number of methoxy groups -OCH3 is 1. The lowest BCUT2D eigenvalue weighted by Gasteiger charge is -2.14. The van der Waals surface area contributed by atoms with Gasteiger partial charge >= 0.3 is 6.18 Å². The van der Waals surface area contributed by atoms with Crippen LogP contribution >= 0.6 is 11.6 Å². The minimum absolute atomic E-state index is 0.0438. The maximum Gasteiger partial charge on any atom is 0.434 e. The first-order chi connectivity index (χ1) is 13.6. The van der Waals surface area contributed by atoms with Crippen LogP contribution in [0.25, 0.3) is 5.69 Å². The number of nitrogens with zero attached hydrogens (tertiary/aromatic N) is 2. The molecule has 0 aliphatic heterocycles. The van der Waals surface area contributed by atoms with Crippen molar-refractivity contribution in [3.63, 3.8) is 0 Å². The Morgan fingerprint density at radius 3 is 2.45 bits per heavy atom. The first-order valence-electron chi connectivity index (χ1n) is 8.18. The van der Waals surface area contributed by atoms with E-state index in [9.17, 15) is 22.4 Å². The number of anilines is 1. The Bertz CT molecular complexity index is 1060. The van der Waals surface area contributed by atoms with Crippen LogP contribution in [0.5, 0.6) is 5.75 Å². The summed E-state index contributed by atoms with van der Waals surface area (Å²) in [6.45, 7) is 1.67. The maximum absolute atomic E-state index is 13.7. The highest BCUT2D eigenvalue weighted by Gasteiger charge is 2.40. The fourth-order valence-corrected chi connectivity index (χ4v) is 2.84.